The summed E-state index contributed by atoms with van der Waals surface area (Å²) in [6.45, 7) is 5.54. The molecule has 0 saturated carbocycles. The Morgan fingerprint density at radius 3 is 2.50 bits per heavy atom. The van der Waals surface area contributed by atoms with E-state index in [0.717, 1.165) is 17.2 Å². The lowest BCUT2D eigenvalue weighted by atomic mass is 10.1. The van der Waals surface area contributed by atoms with Gasteiger partial charge in [0.1, 0.15) is 41.4 Å². The third-order valence-corrected chi connectivity index (χ3v) is 5.56. The first kappa shape index (κ1) is 24.9. The third kappa shape index (κ3) is 7.69. The van der Waals surface area contributed by atoms with E-state index in [1.54, 1.807) is 12.1 Å². The minimum Gasteiger partial charge on any atom is -0.491 e. The molecule has 0 aliphatic rings. The molecule has 0 aliphatic heterocycles. The third-order valence-electron chi connectivity index (χ3n) is 4.58. The van der Waals surface area contributed by atoms with E-state index in [4.69, 9.17) is 14.2 Å². The highest BCUT2D eigenvalue weighted by atomic mass is 32.1. The Hall–Kier alpha value is -3.74. The van der Waals surface area contributed by atoms with Gasteiger partial charge in [-0.05, 0) is 37.6 Å². The standard InChI is InChI=1S/C25H26N4O4S/c1-3-23-28-29-25(34-23)27-24(30)20(17-26)16-19-6-4-5-7-22(19)33-15-13-31-12-14-32-21-10-8-18(2)9-11-21/h4-11,16H,3,12-15H2,1-2H3,(H,27,29,30). The fourth-order valence-electron chi connectivity index (χ4n) is 2.81. The van der Waals surface area contributed by atoms with Gasteiger partial charge in [-0.15, -0.1) is 10.2 Å². The summed E-state index contributed by atoms with van der Waals surface area (Å²) in [7, 11) is 0. The lowest BCUT2D eigenvalue weighted by Gasteiger charge is -2.11. The zero-order valence-corrected chi connectivity index (χ0v) is 19.9. The molecule has 9 heteroatoms. The maximum absolute atomic E-state index is 12.5. The van der Waals surface area contributed by atoms with Crippen LogP contribution in [0, 0.1) is 18.3 Å². The highest BCUT2D eigenvalue weighted by Crippen LogP contribution is 2.22. The smallest absolute Gasteiger partial charge is 0.268 e. The zero-order chi connectivity index (χ0) is 24.2. The number of carbonyl (C=O) groups excluding carboxylic acids is 1. The number of amides is 1. The first-order valence-corrected chi connectivity index (χ1v) is 11.6. The molecule has 0 spiro atoms. The molecule has 1 aromatic heterocycles. The minimum atomic E-state index is -0.548. The molecule has 3 rings (SSSR count). The highest BCUT2D eigenvalue weighted by molar-refractivity contribution is 7.15. The predicted octanol–water partition coefficient (Wildman–Crippen LogP) is 4.43. The average Bonchev–Trinajstić information content (AvgIpc) is 3.31. The number of nitrogens with one attached hydrogen (secondary N) is 1. The fourth-order valence-corrected chi connectivity index (χ4v) is 3.49. The molecule has 1 heterocycles. The van der Waals surface area contributed by atoms with Crippen molar-refractivity contribution in [2.24, 2.45) is 0 Å². The van der Waals surface area contributed by atoms with E-state index in [9.17, 15) is 10.1 Å². The van der Waals surface area contributed by atoms with Gasteiger partial charge in [0.2, 0.25) is 5.13 Å². The molecule has 34 heavy (non-hydrogen) atoms. The van der Waals surface area contributed by atoms with Crippen LogP contribution in [-0.4, -0.2) is 42.5 Å². The van der Waals surface area contributed by atoms with Gasteiger partial charge < -0.3 is 14.2 Å². The van der Waals surface area contributed by atoms with Gasteiger partial charge in [-0.1, -0.05) is 54.2 Å². The van der Waals surface area contributed by atoms with Gasteiger partial charge >= 0.3 is 0 Å². The number of rotatable bonds is 12. The molecule has 0 atom stereocenters. The summed E-state index contributed by atoms with van der Waals surface area (Å²) in [4.78, 5) is 12.5. The van der Waals surface area contributed by atoms with Crippen molar-refractivity contribution in [2.45, 2.75) is 20.3 Å². The molecule has 1 N–H and O–H groups in total. The maximum atomic E-state index is 12.5. The van der Waals surface area contributed by atoms with Crippen molar-refractivity contribution in [1.29, 1.82) is 5.26 Å². The first-order chi connectivity index (χ1) is 16.6. The molecule has 3 aromatic rings. The van der Waals surface area contributed by atoms with Crippen LogP contribution < -0.4 is 14.8 Å². The van der Waals surface area contributed by atoms with Crippen LogP contribution in [0.15, 0.2) is 54.1 Å². The van der Waals surface area contributed by atoms with Crippen LogP contribution >= 0.6 is 11.3 Å². The van der Waals surface area contributed by atoms with E-state index in [2.05, 4.69) is 15.5 Å². The number of hydrogen-bond donors (Lipinski definition) is 1. The number of ether oxygens (including phenoxy) is 3. The number of benzene rings is 2. The van der Waals surface area contributed by atoms with Crippen LogP contribution in [0.25, 0.3) is 6.08 Å². The van der Waals surface area contributed by atoms with E-state index in [1.165, 1.54) is 23.0 Å². The van der Waals surface area contributed by atoms with Gasteiger partial charge in [0, 0.05) is 5.56 Å². The molecule has 0 aliphatic carbocycles. The molecular weight excluding hydrogens is 452 g/mol. The molecule has 0 bridgehead atoms. The number of nitriles is 1. The average molecular weight is 479 g/mol. The normalized spacial score (nSPS) is 11.0. The van der Waals surface area contributed by atoms with Crippen LogP contribution in [0.3, 0.4) is 0 Å². The fraction of sp³-hybridized carbons (Fsp3) is 0.280. The molecule has 2 aromatic carbocycles. The minimum absolute atomic E-state index is 0.0613. The van der Waals surface area contributed by atoms with E-state index in [1.807, 2.05) is 56.3 Å². The van der Waals surface area contributed by atoms with Gasteiger partial charge in [-0.3, -0.25) is 10.1 Å². The van der Waals surface area contributed by atoms with Crippen LogP contribution in [0.2, 0.25) is 0 Å². The Morgan fingerprint density at radius 2 is 1.79 bits per heavy atom. The number of nitrogens with zero attached hydrogens (tertiary/aromatic N) is 3. The molecule has 0 fully saturated rings. The lowest BCUT2D eigenvalue weighted by molar-refractivity contribution is -0.112. The van der Waals surface area contributed by atoms with Crippen molar-refractivity contribution in [2.75, 3.05) is 31.7 Å². The SMILES string of the molecule is CCc1nnc(NC(=O)C(C#N)=Cc2ccccc2OCCOCCOc2ccc(C)cc2)s1. The summed E-state index contributed by atoms with van der Waals surface area (Å²) < 4.78 is 17.0. The number of para-hydroxylation sites is 1. The predicted molar refractivity (Wildman–Crippen MR) is 131 cm³/mol. The Morgan fingerprint density at radius 1 is 1.06 bits per heavy atom. The van der Waals surface area contributed by atoms with Gasteiger partial charge in [0.15, 0.2) is 0 Å². The maximum Gasteiger partial charge on any atom is 0.268 e. The summed E-state index contributed by atoms with van der Waals surface area (Å²) in [5.41, 5.74) is 1.73. The summed E-state index contributed by atoms with van der Waals surface area (Å²) in [6, 6.07) is 17.0. The largest absolute Gasteiger partial charge is 0.491 e. The van der Waals surface area contributed by atoms with Crippen LogP contribution in [-0.2, 0) is 16.0 Å². The number of carbonyl (C=O) groups is 1. The van der Waals surface area contributed by atoms with E-state index in [0.29, 0.717) is 42.9 Å². The Kier molecular flexibility index (Phi) is 9.58. The van der Waals surface area contributed by atoms with Crippen molar-refractivity contribution in [3.05, 3.63) is 70.2 Å². The van der Waals surface area contributed by atoms with Gasteiger partial charge in [-0.25, -0.2) is 0 Å². The first-order valence-electron chi connectivity index (χ1n) is 10.8. The highest BCUT2D eigenvalue weighted by Gasteiger charge is 2.13. The van der Waals surface area contributed by atoms with Gasteiger partial charge in [0.25, 0.3) is 5.91 Å². The summed E-state index contributed by atoms with van der Waals surface area (Å²) >= 11 is 1.28. The Bertz CT molecular complexity index is 1150. The molecule has 0 radical (unpaired) electrons. The van der Waals surface area contributed by atoms with Crippen molar-refractivity contribution in [3.63, 3.8) is 0 Å². The van der Waals surface area contributed by atoms with Gasteiger partial charge in [-0.2, -0.15) is 5.26 Å². The second kappa shape index (κ2) is 13.1. The number of anilines is 1. The summed E-state index contributed by atoms with van der Waals surface area (Å²) in [6.07, 6.45) is 2.21. The van der Waals surface area contributed by atoms with E-state index >= 15 is 0 Å². The van der Waals surface area contributed by atoms with Crippen molar-refractivity contribution in [1.82, 2.24) is 10.2 Å². The lowest BCUT2D eigenvalue weighted by Crippen LogP contribution is -2.14. The molecule has 1 amide bonds. The Labute approximate surface area is 202 Å². The topological polar surface area (TPSA) is 106 Å². The molecule has 176 valence electrons. The Balaban J connectivity index is 1.48. The second-order valence-electron chi connectivity index (χ2n) is 7.14. The number of hydrogen-bond acceptors (Lipinski definition) is 8. The monoisotopic (exact) mass is 478 g/mol. The zero-order valence-electron chi connectivity index (χ0n) is 19.1. The van der Waals surface area contributed by atoms with Crippen LogP contribution in [0.4, 0.5) is 5.13 Å². The van der Waals surface area contributed by atoms with Crippen LogP contribution in [0.5, 0.6) is 11.5 Å². The van der Waals surface area contributed by atoms with Crippen molar-refractivity contribution >= 4 is 28.5 Å². The van der Waals surface area contributed by atoms with Gasteiger partial charge in [0.05, 0.1) is 13.2 Å². The molecule has 8 nitrogen and oxygen atoms in total. The second-order valence-corrected chi connectivity index (χ2v) is 8.20. The molecule has 0 saturated heterocycles. The number of aromatic nitrogens is 2. The summed E-state index contributed by atoms with van der Waals surface area (Å²) in [5.74, 6) is 0.806. The van der Waals surface area contributed by atoms with E-state index < -0.39 is 5.91 Å². The molecular formula is C25H26N4O4S. The van der Waals surface area contributed by atoms with Crippen LogP contribution in [0.1, 0.15) is 23.1 Å². The van der Waals surface area contributed by atoms with Crippen molar-refractivity contribution in [3.8, 4) is 17.6 Å². The van der Waals surface area contributed by atoms with E-state index in [-0.39, 0.29) is 5.57 Å². The van der Waals surface area contributed by atoms with Crippen molar-refractivity contribution < 1.29 is 19.0 Å². The number of aryl methyl sites for hydroxylation is 2. The quantitative estimate of drug-likeness (QED) is 0.233. The molecule has 0 unspecified atom stereocenters. The summed E-state index contributed by atoms with van der Waals surface area (Å²) in [5, 5.41) is 21.1.